The number of rotatable bonds is 5. The van der Waals surface area contributed by atoms with Crippen LogP contribution < -0.4 is 15.8 Å². The number of benzene rings is 2. The van der Waals surface area contributed by atoms with Gasteiger partial charge in [-0.25, -0.2) is 0 Å². The number of carbonyl (C=O) groups is 1. The lowest BCUT2D eigenvalue weighted by molar-refractivity contribution is -0.118. The number of hydrogen-bond donors (Lipinski definition) is 3. The first-order valence-electron chi connectivity index (χ1n) is 6.57. The van der Waals surface area contributed by atoms with Crippen LogP contribution in [0.15, 0.2) is 42.5 Å². The number of aliphatic hydroxyl groups is 1. The van der Waals surface area contributed by atoms with E-state index in [1.54, 1.807) is 42.5 Å². The lowest BCUT2D eigenvalue weighted by atomic mass is 10.1. The van der Waals surface area contributed by atoms with Gasteiger partial charge in [0.1, 0.15) is 5.75 Å². The molecule has 0 heterocycles. The van der Waals surface area contributed by atoms with Crippen LogP contribution in [0.25, 0.3) is 0 Å². The number of nitrogen functional groups attached to an aromatic ring is 1. The summed E-state index contributed by atoms with van der Waals surface area (Å²) in [6.07, 6.45) is 0. The molecule has 0 saturated carbocycles. The van der Waals surface area contributed by atoms with E-state index in [0.717, 1.165) is 11.1 Å². The number of carbonyl (C=O) groups excluding carboxylic acids is 1. The molecular weight excluding hydrogens is 268 g/mol. The maximum Gasteiger partial charge on any atom is 0.262 e. The van der Waals surface area contributed by atoms with Crippen molar-refractivity contribution in [3.05, 3.63) is 53.6 Å². The van der Waals surface area contributed by atoms with Crippen molar-refractivity contribution in [2.75, 3.05) is 17.7 Å². The fraction of sp³-hybridized carbons (Fsp3) is 0.188. The molecule has 0 radical (unpaired) electrons. The Morgan fingerprint density at radius 3 is 2.62 bits per heavy atom. The van der Waals surface area contributed by atoms with Gasteiger partial charge >= 0.3 is 0 Å². The molecule has 0 aliphatic heterocycles. The molecule has 110 valence electrons. The summed E-state index contributed by atoms with van der Waals surface area (Å²) in [6, 6.07) is 12.3. The van der Waals surface area contributed by atoms with Gasteiger partial charge in [-0.05, 0) is 42.3 Å². The zero-order chi connectivity index (χ0) is 15.2. The molecule has 0 saturated heterocycles. The van der Waals surface area contributed by atoms with Crippen LogP contribution in [0.1, 0.15) is 11.1 Å². The molecule has 0 atom stereocenters. The lowest BCUT2D eigenvalue weighted by Crippen LogP contribution is -2.20. The monoisotopic (exact) mass is 286 g/mol. The van der Waals surface area contributed by atoms with Gasteiger partial charge in [0.15, 0.2) is 6.61 Å². The SMILES string of the molecule is Cc1c(N)cccc1NC(=O)COc1ccc(CO)cc1. The van der Waals surface area contributed by atoms with Gasteiger partial charge in [-0.15, -0.1) is 0 Å². The number of ether oxygens (including phenoxy) is 1. The largest absolute Gasteiger partial charge is 0.484 e. The van der Waals surface area contributed by atoms with Crippen LogP contribution in [-0.4, -0.2) is 17.6 Å². The number of anilines is 2. The summed E-state index contributed by atoms with van der Waals surface area (Å²) in [5, 5.41) is 11.7. The fourth-order valence-corrected chi connectivity index (χ4v) is 1.82. The first-order valence-corrected chi connectivity index (χ1v) is 6.57. The molecule has 1 amide bonds. The molecule has 0 spiro atoms. The molecule has 5 nitrogen and oxygen atoms in total. The molecule has 2 rings (SSSR count). The Morgan fingerprint density at radius 2 is 1.95 bits per heavy atom. The van der Waals surface area contributed by atoms with Gasteiger partial charge in [-0.3, -0.25) is 4.79 Å². The summed E-state index contributed by atoms with van der Waals surface area (Å²) in [5.41, 5.74) is 8.72. The molecule has 5 heteroatoms. The predicted octanol–water partition coefficient (Wildman–Crippen LogP) is 2.09. The predicted molar refractivity (Wildman–Crippen MR) is 82.1 cm³/mol. The average molecular weight is 286 g/mol. The summed E-state index contributed by atoms with van der Waals surface area (Å²) in [5.74, 6) is 0.321. The van der Waals surface area contributed by atoms with Crippen LogP contribution in [0.4, 0.5) is 11.4 Å². The quantitative estimate of drug-likeness (QED) is 0.735. The summed E-state index contributed by atoms with van der Waals surface area (Å²) >= 11 is 0. The van der Waals surface area contributed by atoms with Crippen molar-refractivity contribution in [3.63, 3.8) is 0 Å². The van der Waals surface area contributed by atoms with Crippen molar-refractivity contribution in [2.45, 2.75) is 13.5 Å². The number of amides is 1. The second-order valence-electron chi connectivity index (χ2n) is 4.66. The summed E-state index contributed by atoms with van der Waals surface area (Å²) < 4.78 is 5.38. The summed E-state index contributed by atoms with van der Waals surface area (Å²) in [4.78, 5) is 11.9. The van der Waals surface area contributed by atoms with Crippen LogP contribution in [0.3, 0.4) is 0 Å². The highest BCUT2D eigenvalue weighted by Crippen LogP contribution is 2.20. The normalized spacial score (nSPS) is 10.2. The molecule has 21 heavy (non-hydrogen) atoms. The van der Waals surface area contributed by atoms with Crippen LogP contribution >= 0.6 is 0 Å². The van der Waals surface area contributed by atoms with E-state index in [1.807, 2.05) is 6.92 Å². The fourth-order valence-electron chi connectivity index (χ4n) is 1.82. The van der Waals surface area contributed by atoms with Crippen molar-refractivity contribution < 1.29 is 14.6 Å². The van der Waals surface area contributed by atoms with E-state index < -0.39 is 0 Å². The highest BCUT2D eigenvalue weighted by atomic mass is 16.5. The Balaban J connectivity index is 1.91. The topological polar surface area (TPSA) is 84.6 Å². The van der Waals surface area contributed by atoms with Crippen LogP contribution in [0, 0.1) is 6.92 Å². The van der Waals surface area contributed by atoms with Gasteiger partial charge in [-0.2, -0.15) is 0 Å². The minimum absolute atomic E-state index is 0.0184. The van der Waals surface area contributed by atoms with Gasteiger partial charge in [0, 0.05) is 11.4 Å². The highest BCUT2D eigenvalue weighted by molar-refractivity contribution is 5.93. The Labute approximate surface area is 123 Å². The molecule has 0 unspecified atom stereocenters. The van der Waals surface area contributed by atoms with E-state index in [1.165, 1.54) is 0 Å². The van der Waals surface area contributed by atoms with E-state index in [-0.39, 0.29) is 19.1 Å². The van der Waals surface area contributed by atoms with E-state index in [0.29, 0.717) is 17.1 Å². The van der Waals surface area contributed by atoms with Crippen LogP contribution in [0.5, 0.6) is 5.75 Å². The smallest absolute Gasteiger partial charge is 0.262 e. The van der Waals surface area contributed by atoms with Crippen molar-refractivity contribution in [3.8, 4) is 5.75 Å². The molecule has 0 bridgehead atoms. The Bertz CT molecular complexity index is 624. The molecule has 0 aliphatic rings. The molecule has 0 aliphatic carbocycles. The Kier molecular flexibility index (Phi) is 4.79. The molecule has 2 aromatic carbocycles. The molecular formula is C16H18N2O3. The van der Waals surface area contributed by atoms with E-state index in [2.05, 4.69) is 5.32 Å². The molecule has 0 aromatic heterocycles. The number of hydrogen-bond acceptors (Lipinski definition) is 4. The van der Waals surface area contributed by atoms with Crippen molar-refractivity contribution >= 4 is 17.3 Å². The van der Waals surface area contributed by atoms with Crippen molar-refractivity contribution in [1.29, 1.82) is 0 Å². The average Bonchev–Trinajstić information content (AvgIpc) is 2.50. The zero-order valence-electron chi connectivity index (χ0n) is 11.8. The highest BCUT2D eigenvalue weighted by Gasteiger charge is 2.07. The van der Waals surface area contributed by atoms with Crippen LogP contribution in [0.2, 0.25) is 0 Å². The third-order valence-corrected chi connectivity index (χ3v) is 3.13. The summed E-state index contributed by atoms with van der Waals surface area (Å²) in [7, 11) is 0. The van der Waals surface area contributed by atoms with Crippen LogP contribution in [-0.2, 0) is 11.4 Å². The van der Waals surface area contributed by atoms with Crippen molar-refractivity contribution in [1.82, 2.24) is 0 Å². The maximum atomic E-state index is 11.9. The molecule has 0 fully saturated rings. The number of nitrogens with one attached hydrogen (secondary N) is 1. The van der Waals surface area contributed by atoms with E-state index in [4.69, 9.17) is 15.6 Å². The van der Waals surface area contributed by atoms with Gasteiger partial charge in [0.2, 0.25) is 0 Å². The number of aliphatic hydroxyl groups excluding tert-OH is 1. The van der Waals surface area contributed by atoms with Gasteiger partial charge in [-0.1, -0.05) is 18.2 Å². The minimum Gasteiger partial charge on any atom is -0.484 e. The van der Waals surface area contributed by atoms with E-state index in [9.17, 15) is 4.79 Å². The third-order valence-electron chi connectivity index (χ3n) is 3.13. The third kappa shape index (κ3) is 3.97. The molecule has 2 aromatic rings. The van der Waals surface area contributed by atoms with Gasteiger partial charge in [0.05, 0.1) is 6.61 Å². The number of nitrogens with two attached hydrogens (primary N) is 1. The van der Waals surface area contributed by atoms with Gasteiger partial charge < -0.3 is 20.9 Å². The Morgan fingerprint density at radius 1 is 1.24 bits per heavy atom. The Hall–Kier alpha value is -2.53. The van der Waals surface area contributed by atoms with E-state index >= 15 is 0 Å². The van der Waals surface area contributed by atoms with Crippen molar-refractivity contribution in [2.24, 2.45) is 0 Å². The second-order valence-corrected chi connectivity index (χ2v) is 4.66. The second kappa shape index (κ2) is 6.76. The minimum atomic E-state index is -0.255. The van der Waals surface area contributed by atoms with Gasteiger partial charge in [0.25, 0.3) is 5.91 Å². The first-order chi connectivity index (χ1) is 10.1. The maximum absolute atomic E-state index is 11.9. The standard InChI is InChI=1S/C16H18N2O3/c1-11-14(17)3-2-4-15(11)18-16(20)10-21-13-7-5-12(9-19)6-8-13/h2-8,19H,9-10,17H2,1H3,(H,18,20). The first kappa shape index (κ1) is 14.9. The molecule has 4 N–H and O–H groups in total. The lowest BCUT2D eigenvalue weighted by Gasteiger charge is -2.11. The summed E-state index contributed by atoms with van der Waals surface area (Å²) in [6.45, 7) is 1.74. The zero-order valence-corrected chi connectivity index (χ0v) is 11.8.